The fraction of sp³-hybridized carbons (Fsp3) is 0.750. The maximum atomic E-state index is 4.84. The Hall–Kier alpha value is -0.750. The highest BCUT2D eigenvalue weighted by atomic mass is 32.2. The second-order valence-electron chi connectivity index (χ2n) is 6.26. The minimum atomic E-state index is 0.636. The SMILES string of the molecule is CCNC(=NCCCSc1nccs1)N1CCC2(CCC2)C1. The fourth-order valence-corrected chi connectivity index (χ4v) is 4.95. The maximum Gasteiger partial charge on any atom is 0.193 e. The fourth-order valence-electron chi connectivity index (χ4n) is 3.32. The van der Waals surface area contributed by atoms with E-state index in [9.17, 15) is 0 Å². The molecule has 1 saturated heterocycles. The molecule has 0 unspecified atom stereocenters. The molecule has 1 aromatic rings. The van der Waals surface area contributed by atoms with Crippen LogP contribution in [0.5, 0.6) is 0 Å². The van der Waals surface area contributed by atoms with Crippen LogP contribution in [0.15, 0.2) is 20.9 Å². The highest BCUT2D eigenvalue weighted by molar-refractivity contribution is 8.00. The van der Waals surface area contributed by atoms with Gasteiger partial charge in [0.1, 0.15) is 4.34 Å². The molecule has 2 heterocycles. The second-order valence-corrected chi connectivity index (χ2v) is 8.50. The van der Waals surface area contributed by atoms with E-state index in [1.807, 2.05) is 23.3 Å². The van der Waals surface area contributed by atoms with Crippen molar-refractivity contribution >= 4 is 29.1 Å². The lowest BCUT2D eigenvalue weighted by atomic mass is 9.68. The highest BCUT2D eigenvalue weighted by Crippen LogP contribution is 2.47. The molecule has 2 aliphatic rings. The number of thioether (sulfide) groups is 1. The van der Waals surface area contributed by atoms with Crippen molar-refractivity contribution in [1.29, 1.82) is 0 Å². The molecule has 0 radical (unpaired) electrons. The van der Waals surface area contributed by atoms with Crippen molar-refractivity contribution in [3.63, 3.8) is 0 Å². The predicted octanol–water partition coefficient (Wildman–Crippen LogP) is 3.47. The van der Waals surface area contributed by atoms with Crippen LogP contribution >= 0.6 is 23.1 Å². The van der Waals surface area contributed by atoms with Gasteiger partial charge >= 0.3 is 0 Å². The zero-order valence-electron chi connectivity index (χ0n) is 13.4. The number of aliphatic imine (C=N–C) groups is 1. The molecular weight excluding hydrogens is 312 g/mol. The van der Waals surface area contributed by atoms with E-state index >= 15 is 0 Å². The van der Waals surface area contributed by atoms with Gasteiger partial charge in [-0.25, -0.2) is 4.98 Å². The summed E-state index contributed by atoms with van der Waals surface area (Å²) in [6.07, 6.45) is 8.61. The number of guanidine groups is 1. The summed E-state index contributed by atoms with van der Waals surface area (Å²) in [5.41, 5.74) is 0.636. The highest BCUT2D eigenvalue weighted by Gasteiger charge is 2.43. The molecular formula is C16H26N4S2. The summed E-state index contributed by atoms with van der Waals surface area (Å²) in [5, 5.41) is 5.51. The molecule has 3 rings (SSSR count). The maximum absolute atomic E-state index is 4.84. The first-order valence-electron chi connectivity index (χ1n) is 8.37. The summed E-state index contributed by atoms with van der Waals surface area (Å²) >= 11 is 3.56. The van der Waals surface area contributed by atoms with Crippen molar-refractivity contribution in [1.82, 2.24) is 15.2 Å². The van der Waals surface area contributed by atoms with Crippen molar-refractivity contribution in [3.05, 3.63) is 11.6 Å². The molecule has 1 spiro atoms. The zero-order chi connectivity index (χ0) is 15.3. The molecule has 0 atom stereocenters. The summed E-state index contributed by atoms with van der Waals surface area (Å²) < 4.78 is 1.17. The number of hydrogen-bond donors (Lipinski definition) is 1. The summed E-state index contributed by atoms with van der Waals surface area (Å²) in [7, 11) is 0. The van der Waals surface area contributed by atoms with E-state index in [0.29, 0.717) is 5.41 Å². The molecule has 0 amide bonds. The third-order valence-electron chi connectivity index (χ3n) is 4.69. The van der Waals surface area contributed by atoms with E-state index in [4.69, 9.17) is 4.99 Å². The van der Waals surface area contributed by atoms with Crippen LogP contribution in [0, 0.1) is 5.41 Å². The Morgan fingerprint density at radius 2 is 2.41 bits per heavy atom. The van der Waals surface area contributed by atoms with Crippen LogP contribution in [0.2, 0.25) is 0 Å². The van der Waals surface area contributed by atoms with Gasteiger partial charge in [0.05, 0.1) is 0 Å². The summed E-state index contributed by atoms with van der Waals surface area (Å²) in [6, 6.07) is 0. The van der Waals surface area contributed by atoms with Gasteiger partial charge < -0.3 is 10.2 Å². The zero-order valence-corrected chi connectivity index (χ0v) is 15.0. The molecule has 1 aliphatic carbocycles. The average Bonchev–Trinajstić information content (AvgIpc) is 3.14. The first-order valence-corrected chi connectivity index (χ1v) is 10.2. The molecule has 22 heavy (non-hydrogen) atoms. The normalized spacial score (nSPS) is 20.4. The van der Waals surface area contributed by atoms with Crippen LogP contribution < -0.4 is 5.32 Å². The lowest BCUT2D eigenvalue weighted by Gasteiger charge is -2.38. The first-order chi connectivity index (χ1) is 10.8. The smallest absolute Gasteiger partial charge is 0.193 e. The molecule has 2 fully saturated rings. The Labute approximate surface area is 141 Å². The van der Waals surface area contributed by atoms with Crippen molar-refractivity contribution in [2.45, 2.75) is 43.4 Å². The Balaban J connectivity index is 1.44. The van der Waals surface area contributed by atoms with Gasteiger partial charge in [-0.1, -0.05) is 18.2 Å². The van der Waals surface area contributed by atoms with Gasteiger partial charge in [0.25, 0.3) is 0 Å². The van der Waals surface area contributed by atoms with Crippen LogP contribution in [0.25, 0.3) is 0 Å². The lowest BCUT2D eigenvalue weighted by Crippen LogP contribution is -2.42. The largest absolute Gasteiger partial charge is 0.357 e. The Bertz CT molecular complexity index is 482. The number of rotatable bonds is 6. The third-order valence-corrected chi connectivity index (χ3v) is 6.74. The van der Waals surface area contributed by atoms with Gasteiger partial charge in [0.15, 0.2) is 5.96 Å². The molecule has 0 bridgehead atoms. The van der Waals surface area contributed by atoms with Crippen LogP contribution in [0.4, 0.5) is 0 Å². The number of likely N-dealkylation sites (tertiary alicyclic amines) is 1. The van der Waals surface area contributed by atoms with Crippen LogP contribution in [0.1, 0.15) is 39.0 Å². The van der Waals surface area contributed by atoms with Gasteiger partial charge in [-0.3, -0.25) is 4.99 Å². The molecule has 1 aromatic heterocycles. The third kappa shape index (κ3) is 3.96. The molecule has 6 heteroatoms. The van der Waals surface area contributed by atoms with E-state index < -0.39 is 0 Å². The van der Waals surface area contributed by atoms with Gasteiger partial charge in [-0.05, 0) is 38.0 Å². The number of nitrogens with zero attached hydrogens (tertiary/aromatic N) is 3. The summed E-state index contributed by atoms with van der Waals surface area (Å²) in [6.45, 7) is 6.41. The molecule has 4 nitrogen and oxygen atoms in total. The Morgan fingerprint density at radius 1 is 1.50 bits per heavy atom. The minimum absolute atomic E-state index is 0.636. The lowest BCUT2D eigenvalue weighted by molar-refractivity contribution is 0.151. The van der Waals surface area contributed by atoms with Gasteiger partial charge in [-0.2, -0.15) is 0 Å². The summed E-state index contributed by atoms with van der Waals surface area (Å²) in [4.78, 5) is 11.6. The van der Waals surface area contributed by atoms with Gasteiger partial charge in [0.2, 0.25) is 0 Å². The van der Waals surface area contributed by atoms with Gasteiger partial charge in [0, 0.05) is 43.5 Å². The predicted molar refractivity (Wildman–Crippen MR) is 95.9 cm³/mol. The van der Waals surface area contributed by atoms with E-state index in [-0.39, 0.29) is 0 Å². The van der Waals surface area contributed by atoms with E-state index in [0.717, 1.165) is 31.2 Å². The Kier molecular flexibility index (Phi) is 5.63. The van der Waals surface area contributed by atoms with Crippen molar-refractivity contribution in [2.75, 3.05) is 31.9 Å². The monoisotopic (exact) mass is 338 g/mol. The van der Waals surface area contributed by atoms with Crippen molar-refractivity contribution in [2.24, 2.45) is 10.4 Å². The molecule has 122 valence electrons. The van der Waals surface area contributed by atoms with Crippen molar-refractivity contribution in [3.8, 4) is 0 Å². The molecule has 1 N–H and O–H groups in total. The van der Waals surface area contributed by atoms with Crippen molar-refractivity contribution < 1.29 is 0 Å². The van der Waals surface area contributed by atoms with E-state index in [2.05, 4.69) is 22.1 Å². The minimum Gasteiger partial charge on any atom is -0.357 e. The summed E-state index contributed by atoms with van der Waals surface area (Å²) in [5.74, 6) is 2.23. The standard InChI is InChI=1S/C16H26N4S2/c1-2-17-14(20-10-7-16(13-20)5-3-6-16)18-8-4-11-21-15-19-9-12-22-15/h9,12H,2-8,10-11,13H2,1H3,(H,17,18). The topological polar surface area (TPSA) is 40.5 Å². The number of thiazole rings is 1. The molecule has 1 aliphatic heterocycles. The van der Waals surface area contributed by atoms with Crippen LogP contribution in [0.3, 0.4) is 0 Å². The number of nitrogens with one attached hydrogen (secondary N) is 1. The number of hydrogen-bond acceptors (Lipinski definition) is 4. The molecule has 1 saturated carbocycles. The van der Waals surface area contributed by atoms with E-state index in [1.54, 1.807) is 11.3 Å². The average molecular weight is 339 g/mol. The first kappa shape index (κ1) is 16.1. The molecule has 0 aromatic carbocycles. The second kappa shape index (κ2) is 7.68. The van der Waals surface area contributed by atoms with Crippen LogP contribution in [-0.2, 0) is 0 Å². The number of aromatic nitrogens is 1. The Morgan fingerprint density at radius 3 is 3.05 bits per heavy atom. The van der Waals surface area contributed by atoms with Gasteiger partial charge in [-0.15, -0.1) is 11.3 Å². The quantitative estimate of drug-likeness (QED) is 0.373. The van der Waals surface area contributed by atoms with E-state index in [1.165, 1.54) is 43.1 Å². The van der Waals surface area contributed by atoms with Crippen LogP contribution in [-0.4, -0.2) is 47.8 Å².